The quantitative estimate of drug-likeness (QED) is 0.476. The van der Waals surface area contributed by atoms with Crippen molar-refractivity contribution < 1.29 is 4.74 Å². The van der Waals surface area contributed by atoms with E-state index >= 15 is 0 Å². The van der Waals surface area contributed by atoms with Crippen molar-refractivity contribution in [3.05, 3.63) is 37.0 Å². The van der Waals surface area contributed by atoms with Crippen LogP contribution in [-0.2, 0) is 4.74 Å². The van der Waals surface area contributed by atoms with Crippen molar-refractivity contribution in [2.45, 2.75) is 27.7 Å². The minimum atomic E-state index is 0.733. The first-order chi connectivity index (χ1) is 6.18. The molecule has 0 heterocycles. The topological polar surface area (TPSA) is 9.23 Å². The van der Waals surface area contributed by atoms with Gasteiger partial charge in [-0.1, -0.05) is 50.8 Å². The molecule has 0 aromatic heterocycles. The van der Waals surface area contributed by atoms with Crippen molar-refractivity contribution in [1.29, 1.82) is 0 Å². The predicted octanol–water partition coefficient (Wildman–Crippen LogP) is 3.98. The van der Waals surface area contributed by atoms with Crippen LogP contribution < -0.4 is 0 Å². The highest BCUT2D eigenvalue weighted by molar-refractivity contribution is 5.05. The molecule has 78 valence electrons. The lowest BCUT2D eigenvalue weighted by Gasteiger charge is -1.81. The number of hydrogen-bond donors (Lipinski definition) is 0. The zero-order valence-corrected chi connectivity index (χ0v) is 9.76. The zero-order chi connectivity index (χ0) is 11.1. The normalized spacial score (nSPS) is 7.77. The average Bonchev–Trinajstić information content (AvgIpc) is 2.18. The highest BCUT2D eigenvalue weighted by Gasteiger charge is 1.62. The van der Waals surface area contributed by atoms with E-state index in [1.807, 2.05) is 39.8 Å². The molecule has 0 bridgehead atoms. The van der Waals surface area contributed by atoms with Gasteiger partial charge in [-0.15, -0.1) is 0 Å². The summed E-state index contributed by atoms with van der Waals surface area (Å²) in [5.74, 6) is 0. The summed E-state index contributed by atoms with van der Waals surface area (Å²) in [5, 5.41) is 0. The van der Waals surface area contributed by atoms with Gasteiger partial charge in [-0.3, -0.25) is 0 Å². The molecular formula is C12H24O. The largest absolute Gasteiger partial charge is 0.381 e. The number of allylic oxidation sites excluding steroid dienone is 3. The Labute approximate surface area is 83.8 Å². The standard InChI is InChI=1S/C5H10O.C5H8.C2H6/c1-3-4-5-6-2;1-4-5(2)3;1-2/h3-4H,5H2,1-2H3;4H,1-2H2,3H3;1-2H3/b4-3-;;. The summed E-state index contributed by atoms with van der Waals surface area (Å²) in [6.07, 6.45) is 5.64. The summed E-state index contributed by atoms with van der Waals surface area (Å²) in [5.41, 5.74) is 1.02. The van der Waals surface area contributed by atoms with E-state index < -0.39 is 0 Å². The maximum absolute atomic E-state index is 4.70. The van der Waals surface area contributed by atoms with Crippen LogP contribution in [0.4, 0.5) is 0 Å². The Balaban J connectivity index is -0.000000131. The summed E-state index contributed by atoms with van der Waals surface area (Å²) in [6, 6.07) is 0. The smallest absolute Gasteiger partial charge is 0.0643 e. The number of methoxy groups -OCH3 is 1. The van der Waals surface area contributed by atoms with E-state index in [4.69, 9.17) is 4.74 Å². The second-order valence-electron chi connectivity index (χ2n) is 2.07. The summed E-state index contributed by atoms with van der Waals surface area (Å²) in [4.78, 5) is 0. The van der Waals surface area contributed by atoms with Gasteiger partial charge in [-0.05, 0) is 13.8 Å². The molecule has 0 saturated heterocycles. The van der Waals surface area contributed by atoms with Crippen molar-refractivity contribution in [3.63, 3.8) is 0 Å². The van der Waals surface area contributed by atoms with Crippen LogP contribution in [0.5, 0.6) is 0 Å². The highest BCUT2D eigenvalue weighted by atomic mass is 16.5. The Hall–Kier alpha value is -0.820. The van der Waals surface area contributed by atoms with E-state index in [-0.39, 0.29) is 0 Å². The second kappa shape index (κ2) is 22.5. The lowest BCUT2D eigenvalue weighted by atomic mass is 10.4. The van der Waals surface area contributed by atoms with E-state index in [9.17, 15) is 0 Å². The number of ether oxygens (including phenoxy) is 1. The summed E-state index contributed by atoms with van der Waals surface area (Å²) in [6.45, 7) is 15.6. The molecule has 1 nitrogen and oxygen atoms in total. The molecule has 0 aromatic carbocycles. The average molecular weight is 184 g/mol. The van der Waals surface area contributed by atoms with Crippen LogP contribution in [0.3, 0.4) is 0 Å². The van der Waals surface area contributed by atoms with Gasteiger partial charge in [-0.2, -0.15) is 0 Å². The van der Waals surface area contributed by atoms with Crippen LogP contribution in [0.2, 0.25) is 0 Å². The molecule has 0 radical (unpaired) electrons. The van der Waals surface area contributed by atoms with E-state index in [2.05, 4.69) is 13.2 Å². The Kier molecular flexibility index (Phi) is 31.2. The minimum absolute atomic E-state index is 0.733. The second-order valence-corrected chi connectivity index (χ2v) is 2.07. The Bertz CT molecular complexity index is 123. The Morgan fingerprint density at radius 2 is 1.77 bits per heavy atom. The zero-order valence-electron chi connectivity index (χ0n) is 9.76. The Morgan fingerprint density at radius 1 is 1.38 bits per heavy atom. The van der Waals surface area contributed by atoms with E-state index in [1.165, 1.54) is 0 Å². The predicted molar refractivity (Wildman–Crippen MR) is 63.0 cm³/mol. The fourth-order valence-electron chi connectivity index (χ4n) is 0.192. The third kappa shape index (κ3) is 53.9. The lowest BCUT2D eigenvalue weighted by molar-refractivity contribution is 0.234. The van der Waals surface area contributed by atoms with Crippen molar-refractivity contribution >= 4 is 0 Å². The summed E-state index contributed by atoms with van der Waals surface area (Å²) < 4.78 is 4.70. The molecule has 0 fully saturated rings. The van der Waals surface area contributed by atoms with Crippen LogP contribution in [0.1, 0.15) is 27.7 Å². The van der Waals surface area contributed by atoms with Gasteiger partial charge < -0.3 is 4.74 Å². The van der Waals surface area contributed by atoms with Crippen molar-refractivity contribution in [3.8, 4) is 0 Å². The van der Waals surface area contributed by atoms with Crippen molar-refractivity contribution in [2.24, 2.45) is 0 Å². The van der Waals surface area contributed by atoms with Gasteiger partial charge in [0.1, 0.15) is 0 Å². The van der Waals surface area contributed by atoms with Gasteiger partial charge in [-0.25, -0.2) is 0 Å². The first-order valence-electron chi connectivity index (χ1n) is 4.57. The fraction of sp³-hybridized carbons (Fsp3) is 0.500. The molecule has 13 heavy (non-hydrogen) atoms. The Morgan fingerprint density at radius 3 is 1.85 bits per heavy atom. The molecule has 0 aliphatic heterocycles. The van der Waals surface area contributed by atoms with Crippen LogP contribution in [-0.4, -0.2) is 13.7 Å². The summed E-state index contributed by atoms with van der Waals surface area (Å²) in [7, 11) is 1.68. The number of hydrogen-bond acceptors (Lipinski definition) is 1. The van der Waals surface area contributed by atoms with Gasteiger partial charge in [0.25, 0.3) is 0 Å². The van der Waals surface area contributed by atoms with Gasteiger partial charge in [0.15, 0.2) is 0 Å². The fourth-order valence-corrected chi connectivity index (χ4v) is 0.192. The highest BCUT2D eigenvalue weighted by Crippen LogP contribution is 1.81. The first-order valence-corrected chi connectivity index (χ1v) is 4.57. The van der Waals surface area contributed by atoms with Gasteiger partial charge in [0, 0.05) is 7.11 Å². The molecule has 0 rings (SSSR count). The third-order valence-corrected chi connectivity index (χ3v) is 0.847. The minimum Gasteiger partial charge on any atom is -0.381 e. The lowest BCUT2D eigenvalue weighted by Crippen LogP contribution is -1.77. The van der Waals surface area contributed by atoms with Crippen molar-refractivity contribution in [2.75, 3.05) is 13.7 Å². The number of rotatable bonds is 3. The molecule has 1 heteroatoms. The van der Waals surface area contributed by atoms with E-state index in [1.54, 1.807) is 13.2 Å². The molecule has 0 aliphatic carbocycles. The molecule has 0 spiro atoms. The SMILES string of the molecule is C/C=C\COC.C=CC(=C)C.CC. The van der Waals surface area contributed by atoms with Gasteiger partial charge >= 0.3 is 0 Å². The van der Waals surface area contributed by atoms with E-state index in [0.717, 1.165) is 12.2 Å². The maximum Gasteiger partial charge on any atom is 0.0643 e. The monoisotopic (exact) mass is 184 g/mol. The molecule has 0 atom stereocenters. The molecule has 0 saturated carbocycles. The molecular weight excluding hydrogens is 160 g/mol. The van der Waals surface area contributed by atoms with Crippen LogP contribution in [0.15, 0.2) is 37.0 Å². The van der Waals surface area contributed by atoms with Gasteiger partial charge in [0.2, 0.25) is 0 Å². The molecule has 0 aliphatic rings. The van der Waals surface area contributed by atoms with Crippen molar-refractivity contribution in [1.82, 2.24) is 0 Å². The van der Waals surface area contributed by atoms with Crippen LogP contribution >= 0.6 is 0 Å². The van der Waals surface area contributed by atoms with Gasteiger partial charge in [0.05, 0.1) is 6.61 Å². The maximum atomic E-state index is 4.70. The summed E-state index contributed by atoms with van der Waals surface area (Å²) >= 11 is 0. The van der Waals surface area contributed by atoms with E-state index in [0.29, 0.717) is 0 Å². The molecule has 0 aromatic rings. The molecule has 0 amide bonds. The molecule has 0 unspecified atom stereocenters. The molecule has 0 N–H and O–H groups in total. The third-order valence-electron chi connectivity index (χ3n) is 0.847. The van der Waals surface area contributed by atoms with Crippen LogP contribution in [0.25, 0.3) is 0 Å². The van der Waals surface area contributed by atoms with Crippen LogP contribution in [0, 0.1) is 0 Å². The first kappa shape index (κ1) is 18.1.